The molecule has 3 rings (SSSR count). The molecule has 0 aliphatic carbocycles. The molecule has 0 saturated carbocycles. The summed E-state index contributed by atoms with van der Waals surface area (Å²) in [6.45, 7) is 0.870. The molecule has 104 valence electrons. The average molecular weight is 276 g/mol. The van der Waals surface area contributed by atoms with Crippen molar-refractivity contribution < 1.29 is 14.2 Å². The summed E-state index contributed by atoms with van der Waals surface area (Å²) in [5.74, 6) is 0.567. The Morgan fingerprint density at radius 3 is 3.00 bits per heavy atom. The molecule has 20 heavy (non-hydrogen) atoms. The Balaban J connectivity index is 1.94. The van der Waals surface area contributed by atoms with Crippen molar-refractivity contribution in [3.63, 3.8) is 0 Å². The molecule has 0 bridgehead atoms. The van der Waals surface area contributed by atoms with Gasteiger partial charge < -0.3 is 15.0 Å². The third-order valence-corrected chi connectivity index (χ3v) is 3.22. The van der Waals surface area contributed by atoms with E-state index in [1.54, 1.807) is 12.1 Å². The van der Waals surface area contributed by atoms with Gasteiger partial charge in [-0.1, -0.05) is 17.3 Å². The van der Waals surface area contributed by atoms with Crippen molar-refractivity contribution in [1.82, 2.24) is 10.1 Å². The number of rotatable bonds is 3. The Morgan fingerprint density at radius 1 is 1.45 bits per heavy atom. The summed E-state index contributed by atoms with van der Waals surface area (Å²) in [5.41, 5.74) is 5.83. The maximum Gasteiger partial charge on any atom is 0.270 e. The number of nitro groups is 1. The summed E-state index contributed by atoms with van der Waals surface area (Å²) in [5, 5.41) is 14.6. The van der Waals surface area contributed by atoms with E-state index in [1.807, 2.05) is 0 Å². The summed E-state index contributed by atoms with van der Waals surface area (Å²) in [4.78, 5) is 14.5. The third-order valence-electron chi connectivity index (χ3n) is 3.22. The van der Waals surface area contributed by atoms with Gasteiger partial charge in [0.05, 0.1) is 11.5 Å². The van der Waals surface area contributed by atoms with Crippen molar-refractivity contribution >= 4 is 5.69 Å². The normalized spacial score (nSPS) is 22.1. The average Bonchev–Trinajstić information content (AvgIpc) is 3.08. The number of aromatic nitrogens is 2. The van der Waals surface area contributed by atoms with Crippen LogP contribution in [0.4, 0.5) is 5.69 Å². The predicted molar refractivity (Wildman–Crippen MR) is 67.7 cm³/mol. The van der Waals surface area contributed by atoms with Gasteiger partial charge in [-0.3, -0.25) is 10.1 Å². The van der Waals surface area contributed by atoms with Gasteiger partial charge in [0.2, 0.25) is 11.7 Å². The van der Waals surface area contributed by atoms with E-state index < -0.39 is 10.5 Å². The number of hydrogen-bond acceptors (Lipinski definition) is 7. The minimum absolute atomic E-state index is 0.0273. The number of nitro benzene ring substituents is 1. The molecule has 0 radical (unpaired) electrons. The molecule has 2 heterocycles. The van der Waals surface area contributed by atoms with Crippen LogP contribution in [0.2, 0.25) is 0 Å². The quantitative estimate of drug-likeness (QED) is 0.661. The second-order valence-electron chi connectivity index (χ2n) is 4.69. The Bertz CT molecular complexity index is 648. The zero-order chi connectivity index (χ0) is 14.2. The lowest BCUT2D eigenvalue weighted by molar-refractivity contribution is -0.384. The van der Waals surface area contributed by atoms with Gasteiger partial charge in [-0.15, -0.1) is 0 Å². The molecule has 0 amide bonds. The van der Waals surface area contributed by atoms with Crippen LogP contribution in [0, 0.1) is 10.1 Å². The molecular weight excluding hydrogens is 264 g/mol. The monoisotopic (exact) mass is 276 g/mol. The first-order chi connectivity index (χ1) is 9.58. The summed E-state index contributed by atoms with van der Waals surface area (Å²) in [6.07, 6.45) is 0.601. The largest absolute Gasteiger partial charge is 0.379 e. The van der Waals surface area contributed by atoms with Gasteiger partial charge in [0.25, 0.3) is 5.69 Å². The lowest BCUT2D eigenvalue weighted by Crippen LogP contribution is -2.37. The maximum atomic E-state index is 10.8. The number of benzene rings is 1. The lowest BCUT2D eigenvalue weighted by atomic mass is 10.0. The first kappa shape index (κ1) is 12.7. The van der Waals surface area contributed by atoms with Crippen LogP contribution in [0.1, 0.15) is 12.3 Å². The molecule has 1 aliphatic rings. The molecule has 1 atom stereocenters. The van der Waals surface area contributed by atoms with Crippen molar-refractivity contribution in [3.8, 4) is 11.4 Å². The van der Waals surface area contributed by atoms with Crippen molar-refractivity contribution in [1.29, 1.82) is 0 Å². The van der Waals surface area contributed by atoms with E-state index in [1.165, 1.54) is 12.1 Å². The molecule has 8 nitrogen and oxygen atoms in total. The number of nitrogens with zero attached hydrogens (tertiary/aromatic N) is 3. The molecule has 0 spiro atoms. The first-order valence-electron chi connectivity index (χ1n) is 6.04. The molecule has 1 fully saturated rings. The topological polar surface area (TPSA) is 117 Å². The van der Waals surface area contributed by atoms with E-state index >= 15 is 0 Å². The fraction of sp³-hybridized carbons (Fsp3) is 0.333. The van der Waals surface area contributed by atoms with Crippen LogP contribution < -0.4 is 5.73 Å². The zero-order valence-electron chi connectivity index (χ0n) is 10.5. The van der Waals surface area contributed by atoms with E-state index in [0.29, 0.717) is 25.2 Å². The summed E-state index contributed by atoms with van der Waals surface area (Å²) in [7, 11) is 0. The minimum atomic E-state index is -0.772. The fourth-order valence-electron chi connectivity index (χ4n) is 2.05. The highest BCUT2D eigenvalue weighted by Gasteiger charge is 2.38. The number of nitrogens with two attached hydrogens (primary N) is 1. The van der Waals surface area contributed by atoms with Crippen LogP contribution in [0.3, 0.4) is 0 Å². The van der Waals surface area contributed by atoms with Gasteiger partial charge in [-0.05, 0) is 6.42 Å². The minimum Gasteiger partial charge on any atom is -0.379 e. The second-order valence-corrected chi connectivity index (χ2v) is 4.69. The summed E-state index contributed by atoms with van der Waals surface area (Å²) < 4.78 is 10.4. The second kappa shape index (κ2) is 4.66. The van der Waals surface area contributed by atoms with Crippen LogP contribution in [0.25, 0.3) is 11.4 Å². The SMILES string of the molecule is NC1(c2nc(-c3cccc([N+](=O)[O-])c3)no2)CCOC1. The molecule has 1 aromatic carbocycles. The Kier molecular flexibility index (Phi) is 2.96. The van der Waals surface area contributed by atoms with E-state index in [-0.39, 0.29) is 17.4 Å². The molecule has 2 N–H and O–H groups in total. The van der Waals surface area contributed by atoms with Gasteiger partial charge in [0, 0.05) is 24.3 Å². The van der Waals surface area contributed by atoms with Gasteiger partial charge >= 0.3 is 0 Å². The van der Waals surface area contributed by atoms with Crippen molar-refractivity contribution in [2.45, 2.75) is 12.0 Å². The van der Waals surface area contributed by atoms with Crippen molar-refractivity contribution in [2.75, 3.05) is 13.2 Å². The van der Waals surface area contributed by atoms with Gasteiger partial charge in [-0.25, -0.2) is 0 Å². The number of hydrogen-bond donors (Lipinski definition) is 1. The highest BCUT2D eigenvalue weighted by molar-refractivity contribution is 5.58. The molecule has 1 aliphatic heterocycles. The smallest absolute Gasteiger partial charge is 0.270 e. The highest BCUT2D eigenvalue weighted by Crippen LogP contribution is 2.28. The molecule has 8 heteroatoms. The highest BCUT2D eigenvalue weighted by atomic mass is 16.6. The molecule has 2 aromatic rings. The zero-order valence-corrected chi connectivity index (χ0v) is 10.5. The standard InChI is InChI=1S/C12H12N4O4/c13-12(4-5-19-7-12)11-14-10(15-20-11)8-2-1-3-9(6-8)16(17)18/h1-3,6H,4-5,7,13H2. The van der Waals surface area contributed by atoms with Gasteiger partial charge in [0.15, 0.2) is 0 Å². The van der Waals surface area contributed by atoms with Crippen molar-refractivity contribution in [2.24, 2.45) is 5.73 Å². The Labute approximate surface area is 113 Å². The molecule has 1 unspecified atom stereocenters. The Hall–Kier alpha value is -2.32. The summed E-state index contributed by atoms with van der Waals surface area (Å²) >= 11 is 0. The van der Waals surface area contributed by atoms with Gasteiger partial charge in [-0.2, -0.15) is 4.98 Å². The van der Waals surface area contributed by atoms with Crippen LogP contribution in [0.5, 0.6) is 0 Å². The van der Waals surface area contributed by atoms with Crippen LogP contribution in [-0.2, 0) is 10.3 Å². The van der Waals surface area contributed by atoms with E-state index in [9.17, 15) is 10.1 Å². The van der Waals surface area contributed by atoms with Gasteiger partial charge in [0.1, 0.15) is 5.54 Å². The predicted octanol–water partition coefficient (Wildman–Crippen LogP) is 1.22. The van der Waals surface area contributed by atoms with E-state index in [2.05, 4.69) is 10.1 Å². The van der Waals surface area contributed by atoms with Crippen LogP contribution >= 0.6 is 0 Å². The van der Waals surface area contributed by atoms with Crippen LogP contribution in [-0.4, -0.2) is 28.3 Å². The number of non-ortho nitro benzene ring substituents is 1. The number of ether oxygens (including phenoxy) is 1. The van der Waals surface area contributed by atoms with E-state index in [4.69, 9.17) is 15.0 Å². The maximum absolute atomic E-state index is 10.8. The lowest BCUT2D eigenvalue weighted by Gasteiger charge is -2.14. The Morgan fingerprint density at radius 2 is 2.30 bits per heavy atom. The first-order valence-corrected chi connectivity index (χ1v) is 6.04. The third kappa shape index (κ3) is 2.15. The van der Waals surface area contributed by atoms with E-state index in [0.717, 1.165) is 0 Å². The summed E-state index contributed by atoms with van der Waals surface area (Å²) in [6, 6.07) is 6.04. The molecule has 1 aromatic heterocycles. The molecule has 1 saturated heterocycles. The van der Waals surface area contributed by atoms with Crippen molar-refractivity contribution in [3.05, 3.63) is 40.3 Å². The molecular formula is C12H12N4O4. The fourth-order valence-corrected chi connectivity index (χ4v) is 2.05. The van der Waals surface area contributed by atoms with Crippen LogP contribution in [0.15, 0.2) is 28.8 Å².